The Bertz CT molecular complexity index is 140. The lowest BCUT2D eigenvalue weighted by Crippen LogP contribution is -2.08. The van der Waals surface area contributed by atoms with Gasteiger partial charge in [-0.15, -0.1) is 0 Å². The van der Waals surface area contributed by atoms with Crippen molar-refractivity contribution in [2.24, 2.45) is 0 Å². The summed E-state index contributed by atoms with van der Waals surface area (Å²) in [6, 6.07) is 0. The van der Waals surface area contributed by atoms with Gasteiger partial charge in [0.2, 0.25) is 0 Å². The molecule has 1 atom stereocenters. The van der Waals surface area contributed by atoms with Gasteiger partial charge in [0.25, 0.3) is 0 Å². The van der Waals surface area contributed by atoms with Crippen LogP contribution in [0.1, 0.15) is 19.8 Å². The summed E-state index contributed by atoms with van der Waals surface area (Å²) in [5, 5.41) is 2.75. The molecule has 0 aliphatic carbocycles. The zero-order chi connectivity index (χ0) is 10.7. The van der Waals surface area contributed by atoms with Crippen LogP contribution in [0.4, 0.5) is 0 Å². The first-order chi connectivity index (χ1) is 6.12. The molecular weight excluding hydrogens is 281 g/mol. The summed E-state index contributed by atoms with van der Waals surface area (Å²) in [7, 11) is 3.75. The van der Waals surface area contributed by atoms with Gasteiger partial charge >= 0.3 is 5.97 Å². The van der Waals surface area contributed by atoms with Gasteiger partial charge in [0.15, 0.2) is 4.11 Å². The van der Waals surface area contributed by atoms with E-state index in [0.717, 1.165) is 12.8 Å². The highest BCUT2D eigenvalue weighted by atomic mass is 127. The highest BCUT2D eigenvalue weighted by Gasteiger charge is 2.05. The second-order valence-electron chi connectivity index (χ2n) is 2.34. The topological polar surface area (TPSA) is 38.3 Å². The van der Waals surface area contributed by atoms with E-state index in [1.807, 2.05) is 21.0 Å². The van der Waals surface area contributed by atoms with Crippen molar-refractivity contribution in [1.29, 1.82) is 0 Å². The number of hydrogen-bond acceptors (Lipinski definition) is 3. The van der Waals surface area contributed by atoms with E-state index in [0.29, 0.717) is 0 Å². The Hall–Kier alpha value is -0.100. The van der Waals surface area contributed by atoms with E-state index in [1.54, 1.807) is 0 Å². The van der Waals surface area contributed by atoms with Crippen molar-refractivity contribution in [3.8, 4) is 0 Å². The number of hydrogen-bond donors (Lipinski definition) is 1. The molecule has 0 aliphatic rings. The summed E-state index contributed by atoms with van der Waals surface area (Å²) in [5.41, 5.74) is 0. The van der Waals surface area contributed by atoms with Gasteiger partial charge < -0.3 is 10.1 Å². The SMILES string of the molecule is C=CC(=O)OC(I)CCC.CNC. The maximum absolute atomic E-state index is 10.6. The normalized spacial score (nSPS) is 10.8. The number of esters is 1. The van der Waals surface area contributed by atoms with E-state index in [1.165, 1.54) is 6.08 Å². The van der Waals surface area contributed by atoms with E-state index in [-0.39, 0.29) is 10.1 Å². The van der Waals surface area contributed by atoms with E-state index in [4.69, 9.17) is 4.74 Å². The third kappa shape index (κ3) is 14.7. The minimum Gasteiger partial charge on any atom is -0.449 e. The molecule has 13 heavy (non-hydrogen) atoms. The highest BCUT2D eigenvalue weighted by Crippen LogP contribution is 2.09. The molecule has 1 unspecified atom stereocenters. The summed E-state index contributed by atoms with van der Waals surface area (Å²) in [6.07, 6.45) is 3.11. The molecule has 78 valence electrons. The molecule has 1 N–H and O–H groups in total. The molecule has 0 aromatic rings. The van der Waals surface area contributed by atoms with Crippen LogP contribution in [0.3, 0.4) is 0 Å². The molecule has 3 nitrogen and oxygen atoms in total. The van der Waals surface area contributed by atoms with Crippen molar-refractivity contribution in [2.75, 3.05) is 14.1 Å². The van der Waals surface area contributed by atoms with Crippen molar-refractivity contribution < 1.29 is 9.53 Å². The van der Waals surface area contributed by atoms with Gasteiger partial charge in [-0.2, -0.15) is 0 Å². The van der Waals surface area contributed by atoms with Gasteiger partial charge in [-0.1, -0.05) is 19.9 Å². The molecule has 0 saturated carbocycles. The number of nitrogens with one attached hydrogen (secondary N) is 1. The van der Waals surface area contributed by atoms with Crippen molar-refractivity contribution in [3.05, 3.63) is 12.7 Å². The molecule has 0 rings (SSSR count). The molecule has 0 bridgehead atoms. The molecule has 0 aromatic heterocycles. The highest BCUT2D eigenvalue weighted by molar-refractivity contribution is 14.1. The van der Waals surface area contributed by atoms with Crippen LogP contribution in [0.25, 0.3) is 0 Å². The van der Waals surface area contributed by atoms with Gasteiger partial charge in [0.1, 0.15) is 0 Å². The minimum absolute atomic E-state index is 0.00639. The average Bonchev–Trinajstić information content (AvgIpc) is 2.06. The maximum atomic E-state index is 10.6. The molecule has 0 aromatic carbocycles. The van der Waals surface area contributed by atoms with Gasteiger partial charge in [0, 0.05) is 6.08 Å². The second-order valence-corrected chi connectivity index (χ2v) is 3.73. The van der Waals surface area contributed by atoms with E-state index >= 15 is 0 Å². The van der Waals surface area contributed by atoms with E-state index in [2.05, 4.69) is 34.5 Å². The van der Waals surface area contributed by atoms with Crippen molar-refractivity contribution >= 4 is 28.6 Å². The maximum Gasteiger partial charge on any atom is 0.331 e. The first kappa shape index (κ1) is 15.4. The molecule has 0 saturated heterocycles. The van der Waals surface area contributed by atoms with Crippen LogP contribution in [-0.2, 0) is 9.53 Å². The third-order valence-electron chi connectivity index (χ3n) is 0.926. The van der Waals surface area contributed by atoms with Crippen molar-refractivity contribution in [1.82, 2.24) is 5.32 Å². The molecule has 0 heterocycles. The Labute approximate surface area is 94.1 Å². The Kier molecular flexibility index (Phi) is 14.1. The lowest BCUT2D eigenvalue weighted by Gasteiger charge is -2.07. The zero-order valence-corrected chi connectivity index (χ0v) is 10.6. The van der Waals surface area contributed by atoms with Gasteiger partial charge in [-0.3, -0.25) is 0 Å². The van der Waals surface area contributed by atoms with Crippen LogP contribution in [0, 0.1) is 0 Å². The molecular formula is C9H18INO2. The predicted molar refractivity (Wildman–Crippen MR) is 64.0 cm³/mol. The summed E-state index contributed by atoms with van der Waals surface area (Å²) in [6.45, 7) is 5.34. The van der Waals surface area contributed by atoms with Crippen LogP contribution in [-0.4, -0.2) is 24.2 Å². The summed E-state index contributed by atoms with van der Waals surface area (Å²) in [4.78, 5) is 10.6. The number of carbonyl (C=O) groups excluding carboxylic acids is 1. The molecule has 0 aliphatic heterocycles. The van der Waals surface area contributed by atoms with Crippen molar-refractivity contribution in [2.45, 2.75) is 23.9 Å². The fourth-order valence-electron chi connectivity index (χ4n) is 0.460. The van der Waals surface area contributed by atoms with Gasteiger partial charge in [0.05, 0.1) is 0 Å². The summed E-state index contributed by atoms with van der Waals surface area (Å²) in [5.74, 6) is -0.340. The van der Waals surface area contributed by atoms with Crippen LogP contribution < -0.4 is 5.32 Å². The largest absolute Gasteiger partial charge is 0.449 e. The second kappa shape index (κ2) is 11.9. The summed E-state index contributed by atoms with van der Waals surface area (Å²) >= 11 is 2.09. The Morgan fingerprint density at radius 3 is 2.46 bits per heavy atom. The first-order valence-electron chi connectivity index (χ1n) is 4.17. The Balaban J connectivity index is 0. The Morgan fingerprint density at radius 1 is 1.69 bits per heavy atom. The monoisotopic (exact) mass is 299 g/mol. The quantitative estimate of drug-likeness (QED) is 0.374. The van der Waals surface area contributed by atoms with E-state index in [9.17, 15) is 4.79 Å². The van der Waals surface area contributed by atoms with Gasteiger partial charge in [-0.05, 0) is 43.1 Å². The summed E-state index contributed by atoms with van der Waals surface area (Å²) < 4.78 is 4.86. The Morgan fingerprint density at radius 2 is 2.15 bits per heavy atom. The third-order valence-corrected chi connectivity index (χ3v) is 1.80. The lowest BCUT2D eigenvalue weighted by molar-refractivity contribution is -0.138. The van der Waals surface area contributed by atoms with E-state index < -0.39 is 0 Å². The zero-order valence-electron chi connectivity index (χ0n) is 8.47. The number of alkyl halides is 1. The fraction of sp³-hybridized carbons (Fsp3) is 0.667. The number of rotatable bonds is 4. The molecule has 0 radical (unpaired) electrons. The average molecular weight is 299 g/mol. The fourth-order valence-corrected chi connectivity index (χ4v) is 1.33. The number of ether oxygens (including phenoxy) is 1. The minimum atomic E-state index is -0.340. The van der Waals surface area contributed by atoms with Crippen molar-refractivity contribution in [3.63, 3.8) is 0 Å². The standard InChI is InChI=1S/C7H11IO2.C2H7N/c1-3-5-6(8)10-7(9)4-2;1-3-2/h4,6H,2-3,5H2,1H3;3H,1-2H3. The first-order valence-corrected chi connectivity index (χ1v) is 5.42. The van der Waals surface area contributed by atoms with Crippen LogP contribution in [0.15, 0.2) is 12.7 Å². The van der Waals surface area contributed by atoms with Gasteiger partial charge in [-0.25, -0.2) is 4.79 Å². The number of carbonyl (C=O) groups is 1. The molecule has 0 spiro atoms. The molecule has 4 heteroatoms. The lowest BCUT2D eigenvalue weighted by atomic mass is 10.4. The van der Waals surface area contributed by atoms with Crippen LogP contribution in [0.2, 0.25) is 0 Å². The predicted octanol–water partition coefficient (Wildman–Crippen LogP) is 2.11. The number of halogens is 1. The molecule has 0 fully saturated rings. The molecule has 0 amide bonds. The smallest absolute Gasteiger partial charge is 0.331 e. The van der Waals surface area contributed by atoms with Crippen LogP contribution in [0.5, 0.6) is 0 Å². The van der Waals surface area contributed by atoms with Crippen LogP contribution >= 0.6 is 22.6 Å².